The summed E-state index contributed by atoms with van der Waals surface area (Å²) < 4.78 is 49.5. The third-order valence-corrected chi connectivity index (χ3v) is 7.69. The zero-order valence-electron chi connectivity index (χ0n) is 18.4. The van der Waals surface area contributed by atoms with Crippen LogP contribution in [0.1, 0.15) is 41.6 Å². The first-order valence-electron chi connectivity index (χ1n) is 11.2. The van der Waals surface area contributed by atoms with Crippen LogP contribution in [0, 0.1) is 5.82 Å². The maximum absolute atomic E-state index is 15.4. The fourth-order valence-corrected chi connectivity index (χ4v) is 5.65. The van der Waals surface area contributed by atoms with Crippen molar-refractivity contribution in [3.63, 3.8) is 0 Å². The number of fused-ring (bicyclic) bond motifs is 1. The zero-order valence-corrected chi connectivity index (χ0v) is 19.2. The molecule has 0 saturated carbocycles. The molecule has 2 saturated heterocycles. The third-order valence-electron chi connectivity index (χ3n) is 6.16. The van der Waals surface area contributed by atoms with E-state index in [-0.39, 0.29) is 22.9 Å². The Morgan fingerprint density at radius 2 is 1.91 bits per heavy atom. The smallest absolute Gasteiger partial charge is 0.301 e. The van der Waals surface area contributed by atoms with E-state index in [0.717, 1.165) is 25.7 Å². The average molecular weight is 489 g/mol. The van der Waals surface area contributed by atoms with Gasteiger partial charge in [-0.25, -0.2) is 14.4 Å². The number of hydrogen-bond acceptors (Lipinski definition) is 7. The average Bonchev–Trinajstić information content (AvgIpc) is 3.52. The lowest BCUT2D eigenvalue weighted by Gasteiger charge is -2.23. The number of nitrogens with one attached hydrogen (secondary N) is 3. The van der Waals surface area contributed by atoms with Crippen LogP contribution >= 0.6 is 0 Å². The topological polar surface area (TPSA) is 129 Å². The number of aromatic nitrogens is 3. The molecule has 0 atom stereocenters. The second-order valence-corrected chi connectivity index (χ2v) is 10.1. The van der Waals surface area contributed by atoms with E-state index in [1.54, 1.807) is 0 Å². The number of benzene rings is 1. The van der Waals surface area contributed by atoms with E-state index in [9.17, 15) is 13.2 Å². The summed E-state index contributed by atoms with van der Waals surface area (Å²) in [5.41, 5.74) is 0.126. The molecule has 2 aliphatic rings. The fraction of sp³-hybridized carbons (Fsp3) is 0.409. The zero-order chi connectivity index (χ0) is 23.7. The number of nitrogens with zero attached hydrogens (tertiary/aromatic N) is 3. The van der Waals surface area contributed by atoms with Crippen LogP contribution in [-0.4, -0.2) is 65.8 Å². The highest BCUT2D eigenvalue weighted by atomic mass is 32.2. The highest BCUT2D eigenvalue weighted by molar-refractivity contribution is 7.90. The van der Waals surface area contributed by atoms with Crippen molar-refractivity contribution < 1.29 is 22.3 Å². The van der Waals surface area contributed by atoms with Crippen molar-refractivity contribution in [3.05, 3.63) is 47.7 Å². The Morgan fingerprint density at radius 3 is 2.68 bits per heavy atom. The molecule has 0 bridgehead atoms. The molecule has 4 heterocycles. The summed E-state index contributed by atoms with van der Waals surface area (Å²) in [4.78, 5) is 24.9. The number of ketones is 1. The first kappa shape index (κ1) is 22.7. The Kier molecular flexibility index (Phi) is 6.19. The van der Waals surface area contributed by atoms with Gasteiger partial charge in [0.2, 0.25) is 0 Å². The predicted octanol–water partition coefficient (Wildman–Crippen LogP) is 2.67. The van der Waals surface area contributed by atoms with Crippen molar-refractivity contribution in [3.8, 4) is 0 Å². The van der Waals surface area contributed by atoms with Crippen LogP contribution < -0.4 is 10.0 Å². The van der Waals surface area contributed by atoms with Gasteiger partial charge in [-0.3, -0.25) is 9.52 Å². The van der Waals surface area contributed by atoms with Gasteiger partial charge in [0.15, 0.2) is 11.6 Å². The van der Waals surface area contributed by atoms with E-state index >= 15 is 4.39 Å². The minimum atomic E-state index is -3.90. The number of ether oxygens (including phenoxy) is 1. The monoisotopic (exact) mass is 488 g/mol. The fourth-order valence-electron chi connectivity index (χ4n) is 4.35. The summed E-state index contributed by atoms with van der Waals surface area (Å²) in [6.07, 6.45) is 5.98. The van der Waals surface area contributed by atoms with Crippen LogP contribution in [0.5, 0.6) is 0 Å². The SMILES string of the molecule is O=C(c1cccc(NS(=O)(=O)N2CCCC2)c1F)c1c[nH]c2ncnc(NC3CCOCC3)c12. The molecule has 0 unspecified atom stereocenters. The molecule has 12 heteroatoms. The van der Waals surface area contributed by atoms with Crippen molar-refractivity contribution in [2.45, 2.75) is 31.7 Å². The Labute approximate surface area is 196 Å². The Hall–Kier alpha value is -3.09. The van der Waals surface area contributed by atoms with Gasteiger partial charge in [0.1, 0.15) is 17.8 Å². The molecule has 5 rings (SSSR count). The van der Waals surface area contributed by atoms with Gasteiger partial charge >= 0.3 is 10.2 Å². The second kappa shape index (κ2) is 9.28. The number of carbonyl (C=O) groups is 1. The summed E-state index contributed by atoms with van der Waals surface area (Å²) >= 11 is 0. The van der Waals surface area contributed by atoms with Gasteiger partial charge in [0.05, 0.1) is 22.2 Å². The van der Waals surface area contributed by atoms with E-state index in [4.69, 9.17) is 4.74 Å². The minimum Gasteiger partial charge on any atom is -0.381 e. The predicted molar refractivity (Wildman–Crippen MR) is 125 cm³/mol. The summed E-state index contributed by atoms with van der Waals surface area (Å²) in [6.45, 7) is 2.04. The number of anilines is 2. The molecule has 180 valence electrons. The highest BCUT2D eigenvalue weighted by Crippen LogP contribution is 2.29. The van der Waals surface area contributed by atoms with Crippen LogP contribution in [0.15, 0.2) is 30.7 Å². The van der Waals surface area contributed by atoms with Crippen molar-refractivity contribution in [2.75, 3.05) is 36.3 Å². The van der Waals surface area contributed by atoms with Gasteiger partial charge in [0, 0.05) is 38.5 Å². The first-order valence-corrected chi connectivity index (χ1v) is 12.7. The normalized spacial score (nSPS) is 17.8. The van der Waals surface area contributed by atoms with E-state index in [1.807, 2.05) is 0 Å². The van der Waals surface area contributed by atoms with Gasteiger partial charge in [-0.1, -0.05) is 6.07 Å². The number of hydrogen-bond donors (Lipinski definition) is 3. The molecule has 0 radical (unpaired) electrons. The largest absolute Gasteiger partial charge is 0.381 e. The molecule has 2 aliphatic heterocycles. The molecule has 0 amide bonds. The minimum absolute atomic E-state index is 0.129. The van der Waals surface area contributed by atoms with Gasteiger partial charge in [0.25, 0.3) is 0 Å². The molecule has 10 nitrogen and oxygen atoms in total. The number of rotatable bonds is 7. The summed E-state index contributed by atoms with van der Waals surface area (Å²) in [5, 5.41) is 3.81. The number of carbonyl (C=O) groups excluding carboxylic acids is 1. The molecule has 2 fully saturated rings. The lowest BCUT2D eigenvalue weighted by atomic mass is 10.0. The maximum atomic E-state index is 15.4. The number of aromatic amines is 1. The van der Waals surface area contributed by atoms with Crippen LogP contribution in [-0.2, 0) is 14.9 Å². The second-order valence-electron chi connectivity index (χ2n) is 8.39. The summed E-state index contributed by atoms with van der Waals surface area (Å²) in [5.74, 6) is -1.05. The first-order chi connectivity index (χ1) is 16.4. The lowest BCUT2D eigenvalue weighted by molar-refractivity contribution is 0.0904. The highest BCUT2D eigenvalue weighted by Gasteiger charge is 2.28. The molecule has 3 aromatic rings. The molecule has 0 aliphatic carbocycles. The third kappa shape index (κ3) is 4.36. The Morgan fingerprint density at radius 1 is 1.15 bits per heavy atom. The summed E-state index contributed by atoms with van der Waals surface area (Å²) in [7, 11) is -3.90. The maximum Gasteiger partial charge on any atom is 0.301 e. The molecule has 2 aromatic heterocycles. The van der Waals surface area contributed by atoms with Gasteiger partial charge < -0.3 is 15.0 Å². The van der Waals surface area contributed by atoms with Crippen molar-refractivity contribution in [1.82, 2.24) is 19.3 Å². The van der Waals surface area contributed by atoms with Gasteiger partial charge in [-0.15, -0.1) is 0 Å². The van der Waals surface area contributed by atoms with Crippen LogP contribution in [0.4, 0.5) is 15.9 Å². The molecular formula is C22H25FN6O4S. The molecule has 1 aromatic carbocycles. The molecule has 0 spiro atoms. The van der Waals surface area contributed by atoms with Crippen molar-refractivity contribution >= 4 is 38.5 Å². The molecule has 34 heavy (non-hydrogen) atoms. The van der Waals surface area contributed by atoms with Crippen LogP contribution in [0.3, 0.4) is 0 Å². The van der Waals surface area contributed by atoms with Gasteiger partial charge in [-0.05, 0) is 37.8 Å². The number of halogens is 1. The quantitative estimate of drug-likeness (QED) is 0.436. The molecular weight excluding hydrogens is 463 g/mol. The van der Waals surface area contributed by atoms with Crippen molar-refractivity contribution in [2.24, 2.45) is 0 Å². The van der Waals surface area contributed by atoms with E-state index in [2.05, 4.69) is 25.0 Å². The Balaban J connectivity index is 1.47. The number of H-pyrrole nitrogens is 1. The lowest BCUT2D eigenvalue weighted by Crippen LogP contribution is -2.33. The standard InChI is InChI=1S/C22H25FN6O4S/c23-19-15(4-3-5-17(19)28-34(31,32)29-8-1-2-9-29)20(30)16-12-24-21-18(16)22(26-13-25-21)27-14-6-10-33-11-7-14/h3-5,12-14,28H,1-2,6-11H2,(H2,24,25,26,27). The Bertz CT molecular complexity index is 1320. The van der Waals surface area contributed by atoms with Gasteiger partial charge in [-0.2, -0.15) is 12.7 Å². The van der Waals surface area contributed by atoms with Crippen LogP contribution in [0.2, 0.25) is 0 Å². The van der Waals surface area contributed by atoms with E-state index < -0.39 is 21.8 Å². The van der Waals surface area contributed by atoms with Crippen molar-refractivity contribution in [1.29, 1.82) is 0 Å². The molecule has 3 N–H and O–H groups in total. The summed E-state index contributed by atoms with van der Waals surface area (Å²) in [6, 6.07) is 4.21. The van der Waals surface area contributed by atoms with Crippen LogP contribution in [0.25, 0.3) is 11.0 Å². The van der Waals surface area contributed by atoms with E-state index in [1.165, 1.54) is 35.0 Å². The van der Waals surface area contributed by atoms with E-state index in [0.29, 0.717) is 43.2 Å².